The molecule has 1 aromatic heterocycles. The predicted molar refractivity (Wildman–Crippen MR) is 113 cm³/mol. The van der Waals surface area contributed by atoms with E-state index in [2.05, 4.69) is 5.32 Å². The van der Waals surface area contributed by atoms with E-state index in [1.165, 1.54) is 10.6 Å². The Morgan fingerprint density at radius 3 is 2.27 bits per heavy atom. The summed E-state index contributed by atoms with van der Waals surface area (Å²) in [5, 5.41) is 2.72. The molecule has 0 atom stereocenters. The van der Waals surface area contributed by atoms with Gasteiger partial charge in [-0.2, -0.15) is 4.31 Å². The van der Waals surface area contributed by atoms with Crippen LogP contribution in [0, 0.1) is 20.8 Å². The van der Waals surface area contributed by atoms with Crippen molar-refractivity contribution < 1.29 is 22.4 Å². The van der Waals surface area contributed by atoms with Gasteiger partial charge in [-0.1, -0.05) is 17.7 Å². The van der Waals surface area contributed by atoms with E-state index in [1.54, 1.807) is 17.0 Å². The Hall–Kier alpha value is -2.65. The SMILES string of the molecule is Cc1cc(C)c(C(=O)NCCS(=O)(=O)N2CCN(C(=O)c3ccco3)CC2)c(C)c1. The van der Waals surface area contributed by atoms with Crippen molar-refractivity contribution >= 4 is 21.8 Å². The lowest BCUT2D eigenvalue weighted by atomic mass is 9.99. The zero-order valence-electron chi connectivity index (χ0n) is 17.5. The molecular weight excluding hydrogens is 406 g/mol. The molecule has 1 aliphatic rings. The number of hydrogen-bond acceptors (Lipinski definition) is 5. The van der Waals surface area contributed by atoms with Gasteiger partial charge in [0.2, 0.25) is 10.0 Å². The molecule has 1 saturated heterocycles. The summed E-state index contributed by atoms with van der Waals surface area (Å²) in [6, 6.07) is 7.09. The lowest BCUT2D eigenvalue weighted by molar-refractivity contribution is 0.0665. The van der Waals surface area contributed by atoms with Crippen LogP contribution in [0.2, 0.25) is 0 Å². The van der Waals surface area contributed by atoms with E-state index >= 15 is 0 Å². The van der Waals surface area contributed by atoms with E-state index in [1.807, 2.05) is 32.9 Å². The van der Waals surface area contributed by atoms with E-state index in [9.17, 15) is 18.0 Å². The van der Waals surface area contributed by atoms with Crippen LogP contribution in [-0.2, 0) is 10.0 Å². The van der Waals surface area contributed by atoms with E-state index < -0.39 is 10.0 Å². The zero-order chi connectivity index (χ0) is 21.9. The monoisotopic (exact) mass is 433 g/mol. The fraction of sp³-hybridized carbons (Fsp3) is 0.429. The maximum absolute atomic E-state index is 12.6. The Morgan fingerprint density at radius 2 is 1.70 bits per heavy atom. The van der Waals surface area contributed by atoms with Gasteiger partial charge in [-0.15, -0.1) is 0 Å². The number of amides is 2. The second kappa shape index (κ2) is 9.01. The first-order chi connectivity index (χ1) is 14.2. The van der Waals surface area contributed by atoms with Crippen LogP contribution < -0.4 is 5.32 Å². The van der Waals surface area contributed by atoms with Crippen LogP contribution in [0.15, 0.2) is 34.9 Å². The highest BCUT2D eigenvalue weighted by Crippen LogP contribution is 2.16. The largest absolute Gasteiger partial charge is 0.459 e. The Kier molecular flexibility index (Phi) is 6.62. The van der Waals surface area contributed by atoms with Gasteiger partial charge in [0.1, 0.15) is 0 Å². The van der Waals surface area contributed by atoms with Gasteiger partial charge in [-0.3, -0.25) is 9.59 Å². The lowest BCUT2D eigenvalue weighted by Gasteiger charge is -2.33. The molecule has 1 aliphatic heterocycles. The average molecular weight is 434 g/mol. The Labute approximate surface area is 176 Å². The molecule has 0 bridgehead atoms. The molecule has 3 rings (SSSR count). The number of nitrogens with zero attached hydrogens (tertiary/aromatic N) is 2. The van der Waals surface area contributed by atoms with Crippen LogP contribution in [0.25, 0.3) is 0 Å². The Morgan fingerprint density at radius 1 is 1.07 bits per heavy atom. The molecular formula is C21H27N3O5S. The highest BCUT2D eigenvalue weighted by molar-refractivity contribution is 7.89. The third-order valence-corrected chi connectivity index (χ3v) is 7.07. The number of hydrogen-bond donors (Lipinski definition) is 1. The summed E-state index contributed by atoms with van der Waals surface area (Å²) in [6.07, 6.45) is 1.43. The summed E-state index contributed by atoms with van der Waals surface area (Å²) in [5.74, 6) is -0.451. The number of sulfonamides is 1. The molecule has 162 valence electrons. The number of benzene rings is 1. The fourth-order valence-electron chi connectivity index (χ4n) is 3.77. The van der Waals surface area contributed by atoms with Crippen molar-refractivity contribution in [3.63, 3.8) is 0 Å². The molecule has 30 heavy (non-hydrogen) atoms. The Balaban J connectivity index is 1.51. The number of carbonyl (C=O) groups excluding carboxylic acids is 2. The molecule has 0 radical (unpaired) electrons. The first kappa shape index (κ1) is 22.0. The molecule has 2 aromatic rings. The number of aryl methyl sites for hydroxylation is 3. The molecule has 1 aromatic carbocycles. The number of rotatable bonds is 6. The average Bonchev–Trinajstić information content (AvgIpc) is 3.21. The topological polar surface area (TPSA) is 99.9 Å². The summed E-state index contributed by atoms with van der Waals surface area (Å²) in [7, 11) is -3.53. The van der Waals surface area contributed by atoms with Crippen molar-refractivity contribution in [1.29, 1.82) is 0 Å². The zero-order valence-corrected chi connectivity index (χ0v) is 18.3. The number of furan rings is 1. The van der Waals surface area contributed by atoms with Gasteiger partial charge in [0.25, 0.3) is 11.8 Å². The Bertz CT molecular complexity index is 1000. The summed E-state index contributed by atoms with van der Waals surface area (Å²) >= 11 is 0. The van der Waals surface area contributed by atoms with Crippen LogP contribution in [0.5, 0.6) is 0 Å². The molecule has 0 saturated carbocycles. The third kappa shape index (κ3) is 4.91. The number of nitrogens with one attached hydrogen (secondary N) is 1. The minimum atomic E-state index is -3.53. The van der Waals surface area contributed by atoms with Crippen LogP contribution in [-0.4, -0.2) is 67.9 Å². The van der Waals surface area contributed by atoms with Crippen LogP contribution >= 0.6 is 0 Å². The molecule has 8 nitrogen and oxygen atoms in total. The number of piperazine rings is 1. The van der Waals surface area contributed by atoms with E-state index in [4.69, 9.17) is 4.42 Å². The van der Waals surface area contributed by atoms with Gasteiger partial charge < -0.3 is 14.6 Å². The normalized spacial score (nSPS) is 15.2. The minimum Gasteiger partial charge on any atom is -0.459 e. The standard InChI is InChI=1S/C21H27N3O5S/c1-15-13-16(2)19(17(3)14-15)20(25)22-6-12-30(27,28)24-9-7-23(8-10-24)21(26)18-5-4-11-29-18/h4-5,11,13-14H,6-10,12H2,1-3H3,(H,22,25). The molecule has 0 spiro atoms. The molecule has 9 heteroatoms. The van der Waals surface area contributed by atoms with E-state index in [0.29, 0.717) is 18.7 Å². The van der Waals surface area contributed by atoms with Gasteiger partial charge in [0.15, 0.2) is 5.76 Å². The molecule has 1 fully saturated rings. The minimum absolute atomic E-state index is 0.0272. The molecule has 2 heterocycles. The lowest BCUT2D eigenvalue weighted by Crippen LogP contribution is -2.51. The summed E-state index contributed by atoms with van der Waals surface area (Å²) in [6.45, 7) is 6.78. The van der Waals surface area contributed by atoms with Crippen LogP contribution in [0.1, 0.15) is 37.6 Å². The quantitative estimate of drug-likeness (QED) is 0.748. The molecule has 0 unspecified atom stereocenters. The highest BCUT2D eigenvalue weighted by atomic mass is 32.2. The molecule has 2 amide bonds. The summed E-state index contributed by atoms with van der Waals surface area (Å²) in [4.78, 5) is 26.4. The molecule has 0 aliphatic carbocycles. The number of carbonyl (C=O) groups is 2. The van der Waals surface area contributed by atoms with Crippen molar-refractivity contribution in [3.8, 4) is 0 Å². The predicted octanol–water partition coefficient (Wildman–Crippen LogP) is 1.72. The van der Waals surface area contributed by atoms with Crippen molar-refractivity contribution in [2.75, 3.05) is 38.5 Å². The van der Waals surface area contributed by atoms with Gasteiger partial charge >= 0.3 is 0 Å². The van der Waals surface area contributed by atoms with Crippen LogP contribution in [0.3, 0.4) is 0 Å². The first-order valence-corrected chi connectivity index (χ1v) is 11.5. The highest BCUT2D eigenvalue weighted by Gasteiger charge is 2.30. The second-order valence-electron chi connectivity index (χ2n) is 7.51. The smallest absolute Gasteiger partial charge is 0.289 e. The van der Waals surface area contributed by atoms with Gasteiger partial charge in [0, 0.05) is 38.3 Å². The van der Waals surface area contributed by atoms with E-state index in [0.717, 1.165) is 16.7 Å². The summed E-state index contributed by atoms with van der Waals surface area (Å²) in [5.41, 5.74) is 3.40. The van der Waals surface area contributed by atoms with Crippen molar-refractivity contribution in [2.24, 2.45) is 0 Å². The maximum Gasteiger partial charge on any atom is 0.289 e. The van der Waals surface area contributed by atoms with Crippen molar-refractivity contribution in [3.05, 3.63) is 58.5 Å². The maximum atomic E-state index is 12.6. The second-order valence-corrected chi connectivity index (χ2v) is 9.60. The third-order valence-electron chi connectivity index (χ3n) is 5.20. The van der Waals surface area contributed by atoms with Crippen molar-refractivity contribution in [2.45, 2.75) is 20.8 Å². The fourth-order valence-corrected chi connectivity index (χ4v) is 5.11. The van der Waals surface area contributed by atoms with Gasteiger partial charge in [0.05, 0.1) is 12.0 Å². The van der Waals surface area contributed by atoms with Crippen molar-refractivity contribution in [1.82, 2.24) is 14.5 Å². The van der Waals surface area contributed by atoms with E-state index in [-0.39, 0.29) is 43.0 Å². The molecule has 1 N–H and O–H groups in total. The van der Waals surface area contributed by atoms with Crippen LogP contribution in [0.4, 0.5) is 0 Å². The van der Waals surface area contributed by atoms with Gasteiger partial charge in [-0.25, -0.2) is 8.42 Å². The van der Waals surface area contributed by atoms with Gasteiger partial charge in [-0.05, 0) is 44.0 Å². The summed E-state index contributed by atoms with van der Waals surface area (Å²) < 4.78 is 31.8. The first-order valence-electron chi connectivity index (χ1n) is 9.85.